The molecule has 1 aromatic rings. The van der Waals surface area contributed by atoms with E-state index in [1.807, 2.05) is 6.92 Å². The molecule has 0 saturated carbocycles. The molecule has 122 valence electrons. The maximum Gasteiger partial charge on any atom is 0.387 e. The Balaban J connectivity index is 2.24. The van der Waals surface area contributed by atoms with Gasteiger partial charge in [-0.15, -0.1) is 0 Å². The second-order valence-electron chi connectivity index (χ2n) is 5.17. The number of carbonyl (C=O) groups excluding carboxylic acids is 1. The van der Waals surface area contributed by atoms with Crippen LogP contribution in [0.1, 0.15) is 30.6 Å². The van der Waals surface area contributed by atoms with Crippen molar-refractivity contribution in [2.45, 2.75) is 39.0 Å². The monoisotopic (exact) mass is 315 g/mol. The highest BCUT2D eigenvalue weighted by molar-refractivity contribution is 5.95. The lowest BCUT2D eigenvalue weighted by molar-refractivity contribution is -0.0514. The van der Waals surface area contributed by atoms with Gasteiger partial charge in [0.05, 0.1) is 12.7 Å². The lowest BCUT2D eigenvalue weighted by atomic mass is 10.1. The number of likely N-dealkylation sites (tertiary alicyclic amines) is 1. The van der Waals surface area contributed by atoms with Crippen LogP contribution in [-0.2, 0) is 0 Å². The SMILES string of the molecule is CCOc1cc(C(=O)N2CC(O)CC2C)ccc1OC(F)F. The molecule has 1 aliphatic rings. The van der Waals surface area contributed by atoms with Crippen LogP contribution in [0.5, 0.6) is 11.5 Å². The molecule has 1 N–H and O–H groups in total. The molecule has 0 spiro atoms. The quantitative estimate of drug-likeness (QED) is 0.905. The molecule has 2 atom stereocenters. The van der Waals surface area contributed by atoms with Gasteiger partial charge in [0.15, 0.2) is 11.5 Å². The first-order chi connectivity index (χ1) is 10.4. The molecule has 1 amide bonds. The fourth-order valence-electron chi connectivity index (χ4n) is 2.55. The van der Waals surface area contributed by atoms with Crippen LogP contribution in [-0.4, -0.2) is 47.8 Å². The van der Waals surface area contributed by atoms with Crippen LogP contribution < -0.4 is 9.47 Å². The molecule has 1 fully saturated rings. The standard InChI is InChI=1S/C15H19F2NO4/c1-3-21-13-7-10(4-5-12(13)22-15(16)17)14(20)18-8-11(19)6-9(18)2/h4-5,7,9,11,15,19H,3,6,8H2,1-2H3. The number of aliphatic hydroxyl groups excluding tert-OH is 1. The number of hydrogen-bond donors (Lipinski definition) is 1. The van der Waals surface area contributed by atoms with Gasteiger partial charge < -0.3 is 19.5 Å². The van der Waals surface area contributed by atoms with E-state index in [4.69, 9.17) is 4.74 Å². The molecule has 5 nitrogen and oxygen atoms in total. The van der Waals surface area contributed by atoms with E-state index in [1.165, 1.54) is 18.2 Å². The van der Waals surface area contributed by atoms with E-state index < -0.39 is 12.7 Å². The minimum atomic E-state index is -2.96. The van der Waals surface area contributed by atoms with Crippen molar-refractivity contribution >= 4 is 5.91 Å². The second-order valence-corrected chi connectivity index (χ2v) is 5.17. The Kier molecular flexibility index (Phi) is 5.18. The Hall–Kier alpha value is -1.89. The Morgan fingerprint density at radius 2 is 2.18 bits per heavy atom. The van der Waals surface area contributed by atoms with Crippen LogP contribution in [0.15, 0.2) is 18.2 Å². The largest absolute Gasteiger partial charge is 0.490 e. The van der Waals surface area contributed by atoms with Gasteiger partial charge in [-0.1, -0.05) is 0 Å². The van der Waals surface area contributed by atoms with Gasteiger partial charge in [-0.2, -0.15) is 8.78 Å². The molecule has 1 aliphatic heterocycles. The van der Waals surface area contributed by atoms with E-state index >= 15 is 0 Å². The van der Waals surface area contributed by atoms with Gasteiger partial charge >= 0.3 is 6.61 Å². The van der Waals surface area contributed by atoms with Gasteiger partial charge in [0.2, 0.25) is 0 Å². The minimum absolute atomic E-state index is 0.0740. The van der Waals surface area contributed by atoms with Gasteiger partial charge in [0.1, 0.15) is 0 Å². The highest BCUT2D eigenvalue weighted by Crippen LogP contribution is 2.31. The molecular formula is C15H19F2NO4. The van der Waals surface area contributed by atoms with Gasteiger partial charge in [0, 0.05) is 18.2 Å². The average molecular weight is 315 g/mol. The molecule has 1 saturated heterocycles. The number of hydrogen-bond acceptors (Lipinski definition) is 4. The minimum Gasteiger partial charge on any atom is -0.490 e. The summed E-state index contributed by atoms with van der Waals surface area (Å²) in [4.78, 5) is 14.0. The Labute approximate surface area is 127 Å². The van der Waals surface area contributed by atoms with Crippen LogP contribution in [0.3, 0.4) is 0 Å². The van der Waals surface area contributed by atoms with Gasteiger partial charge in [0.25, 0.3) is 5.91 Å². The summed E-state index contributed by atoms with van der Waals surface area (Å²) in [7, 11) is 0. The molecule has 0 radical (unpaired) electrons. The zero-order valence-corrected chi connectivity index (χ0v) is 12.5. The van der Waals surface area contributed by atoms with Crippen LogP contribution in [0.25, 0.3) is 0 Å². The third kappa shape index (κ3) is 3.65. The summed E-state index contributed by atoms with van der Waals surface area (Å²) in [5.74, 6) is -0.280. The Bertz CT molecular complexity index is 538. The lowest BCUT2D eigenvalue weighted by Crippen LogP contribution is -2.34. The maximum absolute atomic E-state index is 12.5. The molecule has 2 rings (SSSR count). The van der Waals surface area contributed by atoms with Crippen LogP contribution >= 0.6 is 0 Å². The lowest BCUT2D eigenvalue weighted by Gasteiger charge is -2.22. The molecule has 0 aromatic heterocycles. The first-order valence-corrected chi connectivity index (χ1v) is 7.13. The van der Waals surface area contributed by atoms with Crippen molar-refractivity contribution in [3.05, 3.63) is 23.8 Å². The average Bonchev–Trinajstić information content (AvgIpc) is 2.78. The Morgan fingerprint density at radius 1 is 1.45 bits per heavy atom. The molecule has 0 bridgehead atoms. The molecule has 0 aliphatic carbocycles. The molecule has 1 heterocycles. The van der Waals surface area contributed by atoms with Crippen LogP contribution in [0.2, 0.25) is 0 Å². The summed E-state index contributed by atoms with van der Waals surface area (Å²) >= 11 is 0. The van der Waals surface area contributed by atoms with Crippen molar-refractivity contribution in [3.63, 3.8) is 0 Å². The van der Waals surface area contributed by atoms with E-state index in [0.29, 0.717) is 12.0 Å². The zero-order valence-electron chi connectivity index (χ0n) is 12.5. The van der Waals surface area contributed by atoms with Crippen molar-refractivity contribution in [2.75, 3.05) is 13.2 Å². The molecule has 1 aromatic carbocycles. The predicted molar refractivity (Wildman–Crippen MR) is 75.4 cm³/mol. The smallest absolute Gasteiger partial charge is 0.387 e. The fraction of sp³-hybridized carbons (Fsp3) is 0.533. The summed E-state index contributed by atoms with van der Waals surface area (Å²) in [6, 6.07) is 4.03. The molecule has 7 heteroatoms. The molecule has 2 unspecified atom stereocenters. The highest BCUT2D eigenvalue weighted by atomic mass is 19.3. The number of β-amino-alcohol motifs (C(OH)–C–C–N with tert-alkyl or cyclic N) is 1. The molecule has 22 heavy (non-hydrogen) atoms. The second kappa shape index (κ2) is 6.91. The number of ether oxygens (including phenoxy) is 2. The van der Waals surface area contributed by atoms with Crippen molar-refractivity contribution in [1.29, 1.82) is 0 Å². The summed E-state index contributed by atoms with van der Waals surface area (Å²) < 4.78 is 34.4. The summed E-state index contributed by atoms with van der Waals surface area (Å²) in [5.41, 5.74) is 0.311. The van der Waals surface area contributed by atoms with Gasteiger partial charge in [-0.3, -0.25) is 4.79 Å². The van der Waals surface area contributed by atoms with E-state index in [2.05, 4.69) is 4.74 Å². The third-order valence-electron chi connectivity index (χ3n) is 3.52. The van der Waals surface area contributed by atoms with Crippen LogP contribution in [0, 0.1) is 0 Å². The summed E-state index contributed by atoms with van der Waals surface area (Å²) in [6.07, 6.45) is -0.0110. The van der Waals surface area contributed by atoms with E-state index in [1.54, 1.807) is 11.8 Å². The van der Waals surface area contributed by atoms with E-state index in [9.17, 15) is 18.7 Å². The van der Waals surface area contributed by atoms with Crippen molar-refractivity contribution in [2.24, 2.45) is 0 Å². The summed E-state index contributed by atoms with van der Waals surface area (Å²) in [5, 5.41) is 9.63. The summed E-state index contributed by atoms with van der Waals surface area (Å²) in [6.45, 7) is 1.12. The third-order valence-corrected chi connectivity index (χ3v) is 3.52. The highest BCUT2D eigenvalue weighted by Gasteiger charge is 2.32. The van der Waals surface area contributed by atoms with Crippen molar-refractivity contribution in [1.82, 2.24) is 4.90 Å². The number of halogens is 2. The van der Waals surface area contributed by atoms with E-state index in [-0.39, 0.29) is 36.6 Å². The maximum atomic E-state index is 12.5. The fourth-order valence-corrected chi connectivity index (χ4v) is 2.55. The van der Waals surface area contributed by atoms with Crippen molar-refractivity contribution < 1.29 is 28.2 Å². The molecular weight excluding hydrogens is 296 g/mol. The topological polar surface area (TPSA) is 59.0 Å². The van der Waals surface area contributed by atoms with Gasteiger partial charge in [-0.05, 0) is 38.5 Å². The predicted octanol–water partition coefficient (Wildman–Crippen LogP) is 2.28. The number of nitrogens with zero attached hydrogens (tertiary/aromatic N) is 1. The normalized spacial score (nSPS) is 21.3. The van der Waals surface area contributed by atoms with Gasteiger partial charge in [-0.25, -0.2) is 0 Å². The van der Waals surface area contributed by atoms with Crippen LogP contribution in [0.4, 0.5) is 8.78 Å². The first kappa shape index (κ1) is 16.5. The zero-order chi connectivity index (χ0) is 16.3. The van der Waals surface area contributed by atoms with E-state index in [0.717, 1.165) is 0 Å². The number of benzene rings is 1. The number of aliphatic hydroxyl groups is 1. The number of alkyl halides is 2. The van der Waals surface area contributed by atoms with Crippen molar-refractivity contribution in [3.8, 4) is 11.5 Å². The number of carbonyl (C=O) groups is 1. The Morgan fingerprint density at radius 3 is 2.73 bits per heavy atom. The number of amides is 1. The first-order valence-electron chi connectivity index (χ1n) is 7.13. The number of rotatable bonds is 5.